The monoisotopic (exact) mass is 426 g/mol. The molecule has 4 heterocycles. The van der Waals surface area contributed by atoms with Crippen molar-refractivity contribution < 1.29 is 4.74 Å². The average molecular weight is 426 g/mol. The summed E-state index contributed by atoms with van der Waals surface area (Å²) in [4.78, 5) is 18.5. The zero-order valence-corrected chi connectivity index (χ0v) is 17.6. The fourth-order valence-corrected chi connectivity index (χ4v) is 4.26. The quantitative estimate of drug-likeness (QED) is 0.473. The van der Waals surface area contributed by atoms with Crippen molar-refractivity contribution in [2.75, 3.05) is 43.1 Å². The first kappa shape index (κ1) is 18.6. The lowest BCUT2D eigenvalue weighted by Crippen LogP contribution is -2.47. The summed E-state index contributed by atoms with van der Waals surface area (Å²) >= 11 is 0. The van der Waals surface area contributed by atoms with Gasteiger partial charge in [-0.25, -0.2) is 9.97 Å². The minimum atomic E-state index is 0.724. The SMILES string of the molecule is COc1ccccc1N1CCN(c2ncc3ncn(-c4ccc5cn[nH]c5c4)c3n2)CC1. The lowest BCUT2D eigenvalue weighted by molar-refractivity contribution is 0.413. The van der Waals surface area contributed by atoms with E-state index >= 15 is 0 Å². The van der Waals surface area contributed by atoms with Crippen molar-refractivity contribution in [3.05, 3.63) is 61.2 Å². The van der Waals surface area contributed by atoms with E-state index < -0.39 is 0 Å². The minimum Gasteiger partial charge on any atom is -0.495 e. The van der Waals surface area contributed by atoms with Crippen LogP contribution in [0.2, 0.25) is 0 Å². The highest BCUT2D eigenvalue weighted by molar-refractivity contribution is 5.81. The summed E-state index contributed by atoms with van der Waals surface area (Å²) in [6.45, 7) is 3.41. The van der Waals surface area contributed by atoms with Crippen LogP contribution >= 0.6 is 0 Å². The molecule has 0 aliphatic carbocycles. The molecule has 5 aromatic rings. The Hall–Kier alpha value is -4.14. The van der Waals surface area contributed by atoms with Gasteiger partial charge in [0.1, 0.15) is 17.6 Å². The number of piperazine rings is 1. The molecule has 1 aliphatic heterocycles. The fourth-order valence-electron chi connectivity index (χ4n) is 4.26. The van der Waals surface area contributed by atoms with E-state index in [4.69, 9.17) is 9.72 Å². The lowest BCUT2D eigenvalue weighted by atomic mass is 10.2. The molecule has 1 fully saturated rings. The van der Waals surface area contributed by atoms with Gasteiger partial charge in [-0.1, -0.05) is 12.1 Å². The molecular weight excluding hydrogens is 404 g/mol. The molecule has 0 radical (unpaired) electrons. The summed E-state index contributed by atoms with van der Waals surface area (Å²) in [7, 11) is 1.71. The number of aromatic amines is 1. The molecule has 1 aliphatic rings. The summed E-state index contributed by atoms with van der Waals surface area (Å²) in [6.07, 6.45) is 5.41. The van der Waals surface area contributed by atoms with E-state index in [-0.39, 0.29) is 0 Å². The van der Waals surface area contributed by atoms with Crippen LogP contribution < -0.4 is 14.5 Å². The Kier molecular flexibility index (Phi) is 4.38. The van der Waals surface area contributed by atoms with Gasteiger partial charge in [0, 0.05) is 31.6 Å². The standard InChI is InChI=1S/C23H22N8O/c1-32-21-5-3-2-4-20(21)29-8-10-30(11-9-29)23-24-14-19-22(27-23)31(15-25-19)17-7-6-16-13-26-28-18(16)12-17/h2-7,12-15H,8-11H2,1H3,(H,26,28). The number of methoxy groups -OCH3 is 1. The summed E-state index contributed by atoms with van der Waals surface area (Å²) in [5.74, 6) is 1.62. The van der Waals surface area contributed by atoms with Crippen molar-refractivity contribution >= 4 is 33.7 Å². The molecular formula is C23H22N8O. The molecule has 9 heteroatoms. The van der Waals surface area contributed by atoms with Crippen LogP contribution in [0.5, 0.6) is 5.75 Å². The van der Waals surface area contributed by atoms with Gasteiger partial charge < -0.3 is 14.5 Å². The molecule has 1 N–H and O–H groups in total. The molecule has 0 unspecified atom stereocenters. The number of anilines is 2. The van der Waals surface area contributed by atoms with Crippen molar-refractivity contribution in [3.8, 4) is 11.4 Å². The van der Waals surface area contributed by atoms with E-state index in [1.165, 1.54) is 0 Å². The first-order valence-corrected chi connectivity index (χ1v) is 10.6. The Morgan fingerprint density at radius 1 is 0.938 bits per heavy atom. The van der Waals surface area contributed by atoms with Crippen molar-refractivity contribution in [2.24, 2.45) is 0 Å². The van der Waals surface area contributed by atoms with Crippen molar-refractivity contribution in [1.82, 2.24) is 29.7 Å². The summed E-state index contributed by atoms with van der Waals surface area (Å²) in [5.41, 5.74) is 4.64. The van der Waals surface area contributed by atoms with Crippen molar-refractivity contribution in [3.63, 3.8) is 0 Å². The molecule has 9 nitrogen and oxygen atoms in total. The van der Waals surface area contributed by atoms with Crippen LogP contribution in [-0.2, 0) is 0 Å². The van der Waals surface area contributed by atoms with Gasteiger partial charge in [0.25, 0.3) is 0 Å². The number of nitrogens with zero attached hydrogens (tertiary/aromatic N) is 7. The predicted octanol–water partition coefficient (Wildman–Crippen LogP) is 3.03. The van der Waals surface area contributed by atoms with Gasteiger partial charge in [-0.05, 0) is 30.3 Å². The van der Waals surface area contributed by atoms with E-state index in [2.05, 4.69) is 42.1 Å². The average Bonchev–Trinajstić information content (AvgIpc) is 3.50. The number of fused-ring (bicyclic) bond motifs is 2. The largest absolute Gasteiger partial charge is 0.495 e. The number of benzene rings is 2. The maximum atomic E-state index is 5.53. The van der Waals surface area contributed by atoms with Gasteiger partial charge in [-0.2, -0.15) is 10.1 Å². The molecule has 160 valence electrons. The maximum Gasteiger partial charge on any atom is 0.227 e. The molecule has 0 atom stereocenters. The van der Waals surface area contributed by atoms with Gasteiger partial charge in [0.2, 0.25) is 5.95 Å². The van der Waals surface area contributed by atoms with Crippen molar-refractivity contribution in [2.45, 2.75) is 0 Å². The Balaban J connectivity index is 1.27. The smallest absolute Gasteiger partial charge is 0.227 e. The zero-order chi connectivity index (χ0) is 21.5. The Morgan fingerprint density at radius 2 is 1.78 bits per heavy atom. The topological polar surface area (TPSA) is 88.0 Å². The summed E-state index contributed by atoms with van der Waals surface area (Å²) < 4.78 is 7.52. The van der Waals surface area contributed by atoms with E-state index in [1.54, 1.807) is 19.6 Å². The van der Waals surface area contributed by atoms with Crippen LogP contribution in [0.1, 0.15) is 0 Å². The van der Waals surface area contributed by atoms with Crippen LogP contribution in [0.25, 0.3) is 27.8 Å². The van der Waals surface area contributed by atoms with Gasteiger partial charge in [-0.3, -0.25) is 9.67 Å². The molecule has 3 aromatic heterocycles. The molecule has 0 bridgehead atoms. The number of nitrogens with one attached hydrogen (secondary N) is 1. The van der Waals surface area contributed by atoms with Crippen LogP contribution in [0, 0.1) is 0 Å². The molecule has 0 spiro atoms. The number of hydrogen-bond donors (Lipinski definition) is 1. The Labute approximate surface area is 184 Å². The second-order valence-corrected chi connectivity index (χ2v) is 7.78. The molecule has 6 rings (SSSR count). The third kappa shape index (κ3) is 3.09. The van der Waals surface area contributed by atoms with Crippen LogP contribution in [0.4, 0.5) is 11.6 Å². The number of rotatable bonds is 4. The second kappa shape index (κ2) is 7.52. The normalized spacial score (nSPS) is 14.4. The van der Waals surface area contributed by atoms with Gasteiger partial charge in [0.15, 0.2) is 5.65 Å². The third-order valence-corrected chi connectivity index (χ3v) is 5.97. The summed E-state index contributed by atoms with van der Waals surface area (Å²) in [6, 6.07) is 14.3. The predicted molar refractivity (Wildman–Crippen MR) is 124 cm³/mol. The molecule has 1 saturated heterocycles. The van der Waals surface area contributed by atoms with E-state index in [9.17, 15) is 0 Å². The summed E-state index contributed by atoms with van der Waals surface area (Å²) in [5, 5.41) is 8.20. The molecule has 0 amide bonds. The Bertz CT molecular complexity index is 1400. The van der Waals surface area contributed by atoms with Gasteiger partial charge in [0.05, 0.1) is 36.4 Å². The van der Waals surface area contributed by atoms with Gasteiger partial charge >= 0.3 is 0 Å². The number of aromatic nitrogens is 6. The van der Waals surface area contributed by atoms with Gasteiger partial charge in [-0.15, -0.1) is 0 Å². The zero-order valence-electron chi connectivity index (χ0n) is 17.6. The van der Waals surface area contributed by atoms with Crippen LogP contribution in [-0.4, -0.2) is 63.0 Å². The van der Waals surface area contributed by atoms with Crippen molar-refractivity contribution in [1.29, 1.82) is 0 Å². The first-order chi connectivity index (χ1) is 15.8. The Morgan fingerprint density at radius 3 is 2.66 bits per heavy atom. The molecule has 32 heavy (non-hydrogen) atoms. The number of ether oxygens (including phenoxy) is 1. The molecule has 0 saturated carbocycles. The number of para-hydroxylation sites is 2. The number of imidazole rings is 1. The number of hydrogen-bond acceptors (Lipinski definition) is 7. The minimum absolute atomic E-state index is 0.724. The fraction of sp³-hybridized carbons (Fsp3) is 0.217. The number of H-pyrrole nitrogens is 1. The third-order valence-electron chi connectivity index (χ3n) is 5.97. The molecule has 2 aromatic carbocycles. The van der Waals surface area contributed by atoms with Crippen LogP contribution in [0.15, 0.2) is 61.2 Å². The van der Waals surface area contributed by atoms with Crippen LogP contribution in [0.3, 0.4) is 0 Å². The maximum absolute atomic E-state index is 5.53. The van der Waals surface area contributed by atoms with E-state index in [1.807, 2.05) is 41.1 Å². The highest BCUT2D eigenvalue weighted by Crippen LogP contribution is 2.29. The second-order valence-electron chi connectivity index (χ2n) is 7.78. The van der Waals surface area contributed by atoms with E-state index in [0.717, 1.165) is 71.3 Å². The highest BCUT2D eigenvalue weighted by Gasteiger charge is 2.22. The lowest BCUT2D eigenvalue weighted by Gasteiger charge is -2.36. The first-order valence-electron chi connectivity index (χ1n) is 10.6. The highest BCUT2D eigenvalue weighted by atomic mass is 16.5. The van der Waals surface area contributed by atoms with E-state index in [0.29, 0.717) is 0 Å².